The molecule has 0 aliphatic carbocycles. The first-order valence-corrected chi connectivity index (χ1v) is 4.61. The molecule has 1 aromatic rings. The fourth-order valence-electron chi connectivity index (χ4n) is 0.846. The average Bonchev–Trinajstić information content (AvgIpc) is 2.03. The largest absolute Gasteiger partial charge is 1.00 e. The van der Waals surface area contributed by atoms with Crippen molar-refractivity contribution in [2.45, 2.75) is 6.10 Å². The summed E-state index contributed by atoms with van der Waals surface area (Å²) in [6, 6.07) is 4.76. The minimum absolute atomic E-state index is 0. The summed E-state index contributed by atoms with van der Waals surface area (Å²) in [5.41, 5.74) is 0.496. The summed E-state index contributed by atoms with van der Waals surface area (Å²) >= 11 is 16.8. The molecular formula is C8H6Cl3LiO. The van der Waals surface area contributed by atoms with E-state index in [4.69, 9.17) is 34.8 Å². The van der Waals surface area contributed by atoms with Crippen LogP contribution in [0.1, 0.15) is 11.7 Å². The van der Waals surface area contributed by atoms with E-state index >= 15 is 0 Å². The second-order valence-corrected chi connectivity index (χ2v) is 3.46. The van der Waals surface area contributed by atoms with Gasteiger partial charge in [0.05, 0.1) is 0 Å². The van der Waals surface area contributed by atoms with E-state index in [1.807, 2.05) is 0 Å². The third-order valence-corrected chi connectivity index (χ3v) is 2.29. The predicted octanol–water partition coefficient (Wildman–Crippen LogP) is -0.362. The first-order chi connectivity index (χ1) is 5.65. The van der Waals surface area contributed by atoms with Crippen LogP contribution in [0.15, 0.2) is 18.2 Å². The Morgan fingerprint density at radius 2 is 1.92 bits per heavy atom. The second-order valence-electron chi connectivity index (χ2n) is 2.31. The summed E-state index contributed by atoms with van der Waals surface area (Å²) in [5.74, 6) is 0.0152. The van der Waals surface area contributed by atoms with Crippen LogP contribution < -0.4 is 24.0 Å². The van der Waals surface area contributed by atoms with Gasteiger partial charge in [-0.2, -0.15) is 0 Å². The molecule has 1 rings (SSSR count). The quantitative estimate of drug-likeness (QED) is 0.503. The number of hydrogen-bond acceptors (Lipinski definition) is 1. The Labute approximate surface area is 104 Å². The monoisotopic (exact) mass is 230 g/mol. The molecule has 0 fully saturated rings. The Balaban J connectivity index is 0.00000144. The Morgan fingerprint density at radius 1 is 1.31 bits per heavy atom. The molecule has 0 N–H and O–H groups in total. The van der Waals surface area contributed by atoms with Crippen molar-refractivity contribution in [1.29, 1.82) is 0 Å². The predicted molar refractivity (Wildman–Crippen MR) is 49.9 cm³/mol. The molecule has 13 heavy (non-hydrogen) atoms. The van der Waals surface area contributed by atoms with Gasteiger partial charge < -0.3 is 5.11 Å². The number of rotatable bonds is 2. The van der Waals surface area contributed by atoms with Crippen LogP contribution in [0.5, 0.6) is 0 Å². The zero-order valence-electron chi connectivity index (χ0n) is 7.06. The molecule has 1 unspecified atom stereocenters. The van der Waals surface area contributed by atoms with E-state index in [9.17, 15) is 5.11 Å². The summed E-state index contributed by atoms with van der Waals surface area (Å²) in [5, 5.41) is 12.1. The van der Waals surface area contributed by atoms with E-state index in [0.717, 1.165) is 0 Å². The molecule has 0 amide bonds. The van der Waals surface area contributed by atoms with Crippen LogP contribution in [0.2, 0.25) is 10.0 Å². The van der Waals surface area contributed by atoms with Gasteiger partial charge in [0.1, 0.15) is 0 Å². The molecule has 0 saturated carbocycles. The molecule has 0 aromatic heterocycles. The fourth-order valence-corrected chi connectivity index (χ4v) is 1.54. The molecule has 5 heteroatoms. The van der Waals surface area contributed by atoms with Crippen molar-refractivity contribution in [2.24, 2.45) is 0 Å². The Hall–Kier alpha value is 0.647. The number of halogens is 3. The second kappa shape index (κ2) is 6.19. The van der Waals surface area contributed by atoms with Crippen LogP contribution in [0, 0.1) is 0 Å². The van der Waals surface area contributed by atoms with Crippen LogP contribution in [-0.2, 0) is 0 Å². The summed E-state index contributed by atoms with van der Waals surface area (Å²) in [6.45, 7) is 0. The molecule has 1 nitrogen and oxygen atoms in total. The third-order valence-electron chi connectivity index (χ3n) is 1.45. The molecular weight excluding hydrogens is 225 g/mol. The van der Waals surface area contributed by atoms with Gasteiger partial charge in [0.25, 0.3) is 0 Å². The van der Waals surface area contributed by atoms with Gasteiger partial charge in [0.15, 0.2) is 0 Å². The van der Waals surface area contributed by atoms with Crippen molar-refractivity contribution in [1.82, 2.24) is 0 Å². The van der Waals surface area contributed by atoms with E-state index < -0.39 is 6.10 Å². The standard InChI is InChI=1S/C8H6Cl3O.Li/c9-4-8(12)6-2-1-5(10)3-7(6)11;/h1-3,8H,4H2;/q-1;+1. The first-order valence-electron chi connectivity index (χ1n) is 3.32. The van der Waals surface area contributed by atoms with Gasteiger partial charge in [-0.05, 0) is 17.7 Å². The average molecular weight is 231 g/mol. The van der Waals surface area contributed by atoms with E-state index in [1.165, 1.54) is 6.07 Å². The maximum atomic E-state index is 11.2. The molecule has 0 aliphatic heterocycles. The summed E-state index contributed by atoms with van der Waals surface area (Å²) in [4.78, 5) is 0. The molecule has 1 atom stereocenters. The van der Waals surface area contributed by atoms with E-state index in [-0.39, 0.29) is 24.7 Å². The summed E-state index contributed by atoms with van der Waals surface area (Å²) in [6.07, 6.45) is -0.976. The molecule has 0 radical (unpaired) electrons. The van der Waals surface area contributed by atoms with Crippen molar-refractivity contribution in [3.63, 3.8) is 0 Å². The van der Waals surface area contributed by atoms with Crippen molar-refractivity contribution < 1.29 is 24.0 Å². The van der Waals surface area contributed by atoms with Crippen molar-refractivity contribution in [3.8, 4) is 0 Å². The van der Waals surface area contributed by atoms with Gasteiger partial charge in [-0.3, -0.25) is 0 Å². The van der Waals surface area contributed by atoms with E-state index in [0.29, 0.717) is 15.6 Å². The maximum absolute atomic E-state index is 11.2. The van der Waals surface area contributed by atoms with Crippen LogP contribution in [0.3, 0.4) is 0 Å². The van der Waals surface area contributed by atoms with E-state index in [2.05, 4.69) is 0 Å². The Morgan fingerprint density at radius 3 is 2.38 bits per heavy atom. The van der Waals surface area contributed by atoms with Gasteiger partial charge in [0.2, 0.25) is 0 Å². The molecule has 0 saturated heterocycles. The molecule has 0 bridgehead atoms. The van der Waals surface area contributed by atoms with Gasteiger partial charge in [-0.25, -0.2) is 0 Å². The molecule has 0 heterocycles. The maximum Gasteiger partial charge on any atom is 1.00 e. The van der Waals surface area contributed by atoms with Gasteiger partial charge in [-0.1, -0.05) is 35.4 Å². The van der Waals surface area contributed by atoms with Gasteiger partial charge in [0, 0.05) is 15.9 Å². The molecule has 66 valence electrons. The van der Waals surface area contributed by atoms with Crippen LogP contribution in [-0.4, -0.2) is 5.88 Å². The number of hydrogen-bond donors (Lipinski definition) is 0. The van der Waals surface area contributed by atoms with Gasteiger partial charge in [-0.15, -0.1) is 11.6 Å². The molecule has 0 spiro atoms. The van der Waals surface area contributed by atoms with Crippen LogP contribution in [0.25, 0.3) is 0 Å². The minimum atomic E-state index is -0.976. The SMILES string of the molecule is [Li+].[O-]C(CCl)c1ccc(Cl)cc1Cl. The Kier molecular flexibility index (Phi) is 6.50. The van der Waals surface area contributed by atoms with Crippen LogP contribution in [0.4, 0.5) is 0 Å². The topological polar surface area (TPSA) is 23.1 Å². The fraction of sp³-hybridized carbons (Fsp3) is 0.250. The zero-order chi connectivity index (χ0) is 9.14. The van der Waals surface area contributed by atoms with Crippen molar-refractivity contribution >= 4 is 34.8 Å². The smallest absolute Gasteiger partial charge is 0.848 e. The molecule has 1 aromatic carbocycles. The third kappa shape index (κ3) is 3.71. The Bertz CT molecular complexity index is 280. The minimum Gasteiger partial charge on any atom is -0.848 e. The van der Waals surface area contributed by atoms with Crippen molar-refractivity contribution in [2.75, 3.05) is 5.88 Å². The molecule has 0 aliphatic rings. The summed E-state index contributed by atoms with van der Waals surface area (Å²) < 4.78 is 0. The first kappa shape index (κ1) is 13.6. The number of alkyl halides is 1. The number of benzene rings is 1. The zero-order valence-corrected chi connectivity index (χ0v) is 9.33. The van der Waals surface area contributed by atoms with Crippen LogP contribution >= 0.6 is 34.8 Å². The van der Waals surface area contributed by atoms with Crippen molar-refractivity contribution in [3.05, 3.63) is 33.8 Å². The van der Waals surface area contributed by atoms with E-state index in [1.54, 1.807) is 12.1 Å². The summed E-state index contributed by atoms with van der Waals surface area (Å²) in [7, 11) is 0. The normalized spacial score (nSPS) is 12.0. The van der Waals surface area contributed by atoms with Gasteiger partial charge >= 0.3 is 18.9 Å².